The zero-order chi connectivity index (χ0) is 30.9. The summed E-state index contributed by atoms with van der Waals surface area (Å²) in [7, 11) is -3.58. The van der Waals surface area contributed by atoms with Gasteiger partial charge in [0.1, 0.15) is 6.04 Å². The van der Waals surface area contributed by atoms with Gasteiger partial charge in [0, 0.05) is 42.0 Å². The van der Waals surface area contributed by atoms with E-state index < -0.39 is 16.1 Å². The molecule has 2 atom stereocenters. The first-order chi connectivity index (χ1) is 19.9. The van der Waals surface area contributed by atoms with Crippen LogP contribution in [0, 0.1) is 6.92 Å². The summed E-state index contributed by atoms with van der Waals surface area (Å²) in [6, 6.07) is 20.9. The molecule has 0 heterocycles. The molecule has 226 valence electrons. The first-order valence-corrected chi connectivity index (χ1v) is 16.6. The minimum atomic E-state index is -3.58. The van der Waals surface area contributed by atoms with Gasteiger partial charge in [-0.2, -0.15) is 0 Å². The van der Waals surface area contributed by atoms with Crippen LogP contribution in [-0.4, -0.2) is 50.0 Å². The van der Waals surface area contributed by atoms with Gasteiger partial charge in [-0.15, -0.1) is 0 Å². The summed E-state index contributed by atoms with van der Waals surface area (Å²) in [5, 5.41) is 3.90. The number of nitrogens with one attached hydrogen (secondary N) is 1. The number of aryl methyl sites for hydroxylation is 1. The summed E-state index contributed by atoms with van der Waals surface area (Å²) in [4.78, 5) is 29.2. The first-order valence-electron chi connectivity index (χ1n) is 14.0. The molecule has 42 heavy (non-hydrogen) atoms. The van der Waals surface area contributed by atoms with Crippen molar-refractivity contribution >= 4 is 50.7 Å². The molecule has 0 aliphatic carbocycles. The van der Waals surface area contributed by atoms with E-state index in [1.165, 1.54) is 4.31 Å². The molecule has 0 spiro atoms. The molecule has 3 rings (SSSR count). The van der Waals surface area contributed by atoms with Gasteiger partial charge >= 0.3 is 0 Å². The van der Waals surface area contributed by atoms with Crippen LogP contribution in [0.2, 0.25) is 10.0 Å². The summed E-state index contributed by atoms with van der Waals surface area (Å²) < 4.78 is 26.6. The molecular weight excluding hydrogens is 593 g/mol. The number of hydrogen-bond donors (Lipinski definition) is 1. The number of carbonyl (C=O) groups excluding carboxylic acids is 2. The second-order valence-electron chi connectivity index (χ2n) is 10.6. The molecule has 0 saturated carbocycles. The summed E-state index contributed by atoms with van der Waals surface area (Å²) in [5.74, 6) is -0.539. The molecule has 0 bridgehead atoms. The highest BCUT2D eigenvalue weighted by atomic mass is 35.5. The predicted octanol–water partition coefficient (Wildman–Crippen LogP) is 6.40. The third-order valence-corrected chi connectivity index (χ3v) is 8.85. The Morgan fingerprint density at radius 2 is 1.69 bits per heavy atom. The number of carbonyl (C=O) groups is 2. The van der Waals surface area contributed by atoms with Gasteiger partial charge in [0.2, 0.25) is 21.8 Å². The van der Waals surface area contributed by atoms with E-state index in [-0.39, 0.29) is 43.8 Å². The Labute approximate surface area is 259 Å². The van der Waals surface area contributed by atoms with Crippen molar-refractivity contribution in [3.8, 4) is 0 Å². The van der Waals surface area contributed by atoms with Gasteiger partial charge in [0.25, 0.3) is 0 Å². The molecular formula is C32H39Cl2N3O4S. The number of rotatable bonds is 14. The van der Waals surface area contributed by atoms with Crippen LogP contribution in [0.1, 0.15) is 49.8 Å². The Morgan fingerprint density at radius 1 is 0.976 bits per heavy atom. The van der Waals surface area contributed by atoms with Gasteiger partial charge in [0.15, 0.2) is 0 Å². The maximum Gasteiger partial charge on any atom is 0.243 e. The van der Waals surface area contributed by atoms with Crippen molar-refractivity contribution in [3.63, 3.8) is 0 Å². The van der Waals surface area contributed by atoms with Crippen LogP contribution in [0.5, 0.6) is 0 Å². The molecule has 0 aromatic heterocycles. The zero-order valence-corrected chi connectivity index (χ0v) is 26.8. The van der Waals surface area contributed by atoms with Crippen LogP contribution >= 0.6 is 23.2 Å². The molecule has 0 fully saturated rings. The van der Waals surface area contributed by atoms with Crippen molar-refractivity contribution in [2.75, 3.05) is 17.1 Å². The maximum atomic E-state index is 13.9. The fourth-order valence-electron chi connectivity index (χ4n) is 4.62. The summed E-state index contributed by atoms with van der Waals surface area (Å²) in [6.45, 7) is 6.00. The van der Waals surface area contributed by atoms with Crippen LogP contribution in [0.4, 0.5) is 5.69 Å². The number of halogens is 2. The van der Waals surface area contributed by atoms with E-state index in [9.17, 15) is 18.0 Å². The van der Waals surface area contributed by atoms with E-state index in [1.807, 2.05) is 57.2 Å². The SMILES string of the molecule is CC[C@@H](C)NC(=O)[C@H](Cc1ccccc1)N(Cc1ccc(Cl)cc1Cl)C(=O)CCCN(c1cccc(C)c1)S(C)(=O)=O. The standard InChI is InChI=1S/C32H39Cl2N3O4S/c1-5-24(3)35-32(39)30(20-25-12-7-6-8-13-25)36(22-26-16-17-27(33)21-29(26)34)31(38)15-10-18-37(42(4,40)41)28-14-9-11-23(2)19-28/h6-9,11-14,16-17,19,21,24,30H,5,10,15,18,20,22H2,1-4H3,(H,35,39)/t24-,30+/m1/s1. The van der Waals surface area contributed by atoms with E-state index in [0.29, 0.717) is 27.7 Å². The van der Waals surface area contributed by atoms with E-state index >= 15 is 0 Å². The largest absolute Gasteiger partial charge is 0.352 e. The molecule has 0 aliphatic rings. The molecule has 0 radical (unpaired) electrons. The van der Waals surface area contributed by atoms with Crippen molar-refractivity contribution in [2.24, 2.45) is 0 Å². The Balaban J connectivity index is 1.92. The average Bonchev–Trinajstić information content (AvgIpc) is 2.93. The molecule has 3 aromatic carbocycles. The van der Waals surface area contributed by atoms with Crippen molar-refractivity contribution in [3.05, 3.63) is 99.5 Å². The Kier molecular flexibility index (Phi) is 12.3. The van der Waals surface area contributed by atoms with Crippen molar-refractivity contribution in [1.82, 2.24) is 10.2 Å². The number of benzene rings is 3. The van der Waals surface area contributed by atoms with Gasteiger partial charge in [0.05, 0.1) is 11.9 Å². The van der Waals surface area contributed by atoms with Crippen LogP contribution < -0.4 is 9.62 Å². The average molecular weight is 633 g/mol. The van der Waals surface area contributed by atoms with Crippen molar-refractivity contribution in [1.29, 1.82) is 0 Å². The second-order valence-corrected chi connectivity index (χ2v) is 13.3. The fourth-order valence-corrected chi connectivity index (χ4v) is 6.04. The van der Waals surface area contributed by atoms with Crippen molar-refractivity contribution in [2.45, 2.75) is 65.1 Å². The first kappa shape index (κ1) is 33.4. The lowest BCUT2D eigenvalue weighted by Gasteiger charge is -2.33. The van der Waals surface area contributed by atoms with E-state index in [4.69, 9.17) is 23.2 Å². The molecule has 0 unspecified atom stereocenters. The molecule has 0 aliphatic heterocycles. The highest BCUT2D eigenvalue weighted by Gasteiger charge is 2.31. The third kappa shape index (κ3) is 9.75. The molecule has 7 nitrogen and oxygen atoms in total. The number of hydrogen-bond acceptors (Lipinski definition) is 4. The van der Waals surface area contributed by atoms with Crippen LogP contribution in [0.25, 0.3) is 0 Å². The molecule has 3 aromatic rings. The number of amides is 2. The summed E-state index contributed by atoms with van der Waals surface area (Å²) >= 11 is 12.6. The highest BCUT2D eigenvalue weighted by molar-refractivity contribution is 7.92. The Hall–Kier alpha value is -3.07. The van der Waals surface area contributed by atoms with Gasteiger partial charge in [-0.1, -0.05) is 78.7 Å². The van der Waals surface area contributed by atoms with Gasteiger partial charge < -0.3 is 10.2 Å². The normalized spacial score (nSPS) is 12.8. The quantitative estimate of drug-likeness (QED) is 0.223. The van der Waals surface area contributed by atoms with Gasteiger partial charge in [-0.25, -0.2) is 8.42 Å². The zero-order valence-electron chi connectivity index (χ0n) is 24.5. The molecule has 1 N–H and O–H groups in total. The Bertz CT molecular complexity index is 1470. The van der Waals surface area contributed by atoms with Crippen LogP contribution in [-0.2, 0) is 32.6 Å². The lowest BCUT2D eigenvalue weighted by molar-refractivity contribution is -0.141. The second kappa shape index (κ2) is 15.4. The molecule has 10 heteroatoms. The van der Waals surface area contributed by atoms with Crippen LogP contribution in [0.3, 0.4) is 0 Å². The Morgan fingerprint density at radius 3 is 2.31 bits per heavy atom. The number of sulfonamides is 1. The predicted molar refractivity (Wildman–Crippen MR) is 171 cm³/mol. The minimum Gasteiger partial charge on any atom is -0.352 e. The topological polar surface area (TPSA) is 86.8 Å². The maximum absolute atomic E-state index is 13.9. The fraction of sp³-hybridized carbons (Fsp3) is 0.375. The summed E-state index contributed by atoms with van der Waals surface area (Å²) in [5.41, 5.74) is 3.04. The third-order valence-electron chi connectivity index (χ3n) is 7.07. The van der Waals surface area contributed by atoms with Gasteiger partial charge in [-0.3, -0.25) is 13.9 Å². The van der Waals surface area contributed by atoms with E-state index in [2.05, 4.69) is 5.32 Å². The van der Waals surface area contributed by atoms with E-state index in [0.717, 1.165) is 23.8 Å². The van der Waals surface area contributed by atoms with Gasteiger partial charge in [-0.05, 0) is 67.6 Å². The number of anilines is 1. The van der Waals surface area contributed by atoms with Crippen LogP contribution in [0.15, 0.2) is 72.8 Å². The lowest BCUT2D eigenvalue weighted by atomic mass is 10.0. The number of nitrogens with zero attached hydrogens (tertiary/aromatic N) is 2. The highest BCUT2D eigenvalue weighted by Crippen LogP contribution is 2.25. The molecule has 0 saturated heterocycles. The monoisotopic (exact) mass is 631 g/mol. The van der Waals surface area contributed by atoms with Crippen molar-refractivity contribution < 1.29 is 18.0 Å². The smallest absolute Gasteiger partial charge is 0.243 e. The lowest BCUT2D eigenvalue weighted by Crippen LogP contribution is -2.52. The molecule has 2 amide bonds. The van der Waals surface area contributed by atoms with E-state index in [1.54, 1.807) is 41.3 Å². The minimum absolute atomic E-state index is 0.0327. The summed E-state index contributed by atoms with van der Waals surface area (Å²) in [6.07, 6.45) is 2.49.